The lowest BCUT2D eigenvalue weighted by Crippen LogP contribution is -2.31. The maximum atomic E-state index is 5.60. The smallest absolute Gasteiger partial charge is 0.123 e. The van der Waals surface area contributed by atoms with E-state index in [0.29, 0.717) is 0 Å². The summed E-state index contributed by atoms with van der Waals surface area (Å²) >= 11 is 1.85. The molecule has 3 nitrogen and oxygen atoms in total. The molecule has 0 saturated carbocycles. The van der Waals surface area contributed by atoms with Crippen molar-refractivity contribution in [1.29, 1.82) is 0 Å². The Labute approximate surface area is 124 Å². The van der Waals surface area contributed by atoms with Gasteiger partial charge >= 0.3 is 0 Å². The highest BCUT2D eigenvalue weighted by atomic mass is 32.1. The van der Waals surface area contributed by atoms with Crippen LogP contribution in [-0.2, 0) is 13.0 Å². The zero-order valence-corrected chi connectivity index (χ0v) is 12.7. The molecule has 0 bridgehead atoms. The Morgan fingerprint density at radius 3 is 2.85 bits per heavy atom. The van der Waals surface area contributed by atoms with Crippen LogP contribution in [0.15, 0.2) is 24.3 Å². The second-order valence-corrected chi connectivity index (χ2v) is 6.51. The van der Waals surface area contributed by atoms with Gasteiger partial charge in [-0.2, -0.15) is 0 Å². The SMILES string of the molecule is Cc1ccc(-c2nc3c(s2)CN(CCCN)CC3)cc1. The van der Waals surface area contributed by atoms with Crippen LogP contribution in [0.4, 0.5) is 0 Å². The van der Waals surface area contributed by atoms with Crippen LogP contribution in [-0.4, -0.2) is 29.5 Å². The summed E-state index contributed by atoms with van der Waals surface area (Å²) in [5, 5.41) is 1.16. The Balaban J connectivity index is 1.78. The molecule has 4 heteroatoms. The first kappa shape index (κ1) is 13.7. The van der Waals surface area contributed by atoms with Crippen LogP contribution >= 0.6 is 11.3 Å². The minimum atomic E-state index is 0.778. The van der Waals surface area contributed by atoms with Crippen molar-refractivity contribution in [3.05, 3.63) is 40.4 Å². The highest BCUT2D eigenvalue weighted by molar-refractivity contribution is 7.15. The zero-order valence-electron chi connectivity index (χ0n) is 11.9. The summed E-state index contributed by atoms with van der Waals surface area (Å²) in [7, 11) is 0. The molecule has 1 aromatic heterocycles. The van der Waals surface area contributed by atoms with Gasteiger partial charge in [0.25, 0.3) is 0 Å². The molecule has 106 valence electrons. The molecular weight excluding hydrogens is 266 g/mol. The van der Waals surface area contributed by atoms with E-state index in [1.165, 1.54) is 21.7 Å². The van der Waals surface area contributed by atoms with Crippen molar-refractivity contribution in [3.63, 3.8) is 0 Å². The van der Waals surface area contributed by atoms with Gasteiger partial charge in [0.15, 0.2) is 0 Å². The zero-order chi connectivity index (χ0) is 13.9. The lowest BCUT2D eigenvalue weighted by molar-refractivity contribution is 0.254. The fourth-order valence-electron chi connectivity index (χ4n) is 2.57. The van der Waals surface area contributed by atoms with Crippen molar-refractivity contribution < 1.29 is 0 Å². The number of nitrogens with two attached hydrogens (primary N) is 1. The first-order valence-electron chi connectivity index (χ1n) is 7.24. The van der Waals surface area contributed by atoms with E-state index in [1.807, 2.05) is 11.3 Å². The van der Waals surface area contributed by atoms with Crippen LogP contribution in [0.25, 0.3) is 10.6 Å². The number of nitrogens with zero attached hydrogens (tertiary/aromatic N) is 2. The van der Waals surface area contributed by atoms with Gasteiger partial charge in [-0.3, -0.25) is 4.90 Å². The van der Waals surface area contributed by atoms with Crippen LogP contribution in [0.5, 0.6) is 0 Å². The minimum absolute atomic E-state index is 0.778. The number of rotatable bonds is 4. The molecule has 0 radical (unpaired) electrons. The minimum Gasteiger partial charge on any atom is -0.330 e. The van der Waals surface area contributed by atoms with E-state index in [1.54, 1.807) is 0 Å². The molecule has 0 aliphatic carbocycles. The normalized spacial score (nSPS) is 15.3. The van der Waals surface area contributed by atoms with Crippen LogP contribution in [0.3, 0.4) is 0 Å². The molecule has 2 heterocycles. The lowest BCUT2D eigenvalue weighted by Gasteiger charge is -2.25. The summed E-state index contributed by atoms with van der Waals surface area (Å²) in [5.74, 6) is 0. The molecule has 0 atom stereocenters. The predicted octanol–water partition coefficient (Wildman–Crippen LogP) is 2.83. The summed E-state index contributed by atoms with van der Waals surface area (Å²) in [6, 6.07) is 8.66. The monoisotopic (exact) mass is 287 g/mol. The van der Waals surface area contributed by atoms with Crippen LogP contribution < -0.4 is 5.73 Å². The Kier molecular flexibility index (Phi) is 4.15. The van der Waals surface area contributed by atoms with E-state index in [4.69, 9.17) is 10.7 Å². The molecule has 20 heavy (non-hydrogen) atoms. The summed E-state index contributed by atoms with van der Waals surface area (Å²) < 4.78 is 0. The summed E-state index contributed by atoms with van der Waals surface area (Å²) in [5.41, 5.74) is 9.43. The fraction of sp³-hybridized carbons (Fsp3) is 0.438. The summed E-state index contributed by atoms with van der Waals surface area (Å²) in [6.45, 7) is 6.16. The summed E-state index contributed by atoms with van der Waals surface area (Å²) in [6.07, 6.45) is 2.15. The van der Waals surface area contributed by atoms with Gasteiger partial charge in [-0.05, 0) is 26.4 Å². The van der Waals surface area contributed by atoms with Crippen molar-refractivity contribution in [2.75, 3.05) is 19.6 Å². The van der Waals surface area contributed by atoms with Gasteiger partial charge < -0.3 is 5.73 Å². The van der Waals surface area contributed by atoms with Crippen molar-refractivity contribution in [3.8, 4) is 10.6 Å². The largest absolute Gasteiger partial charge is 0.330 e. The third-order valence-electron chi connectivity index (χ3n) is 3.79. The third-order valence-corrected chi connectivity index (χ3v) is 4.92. The average Bonchev–Trinajstić information content (AvgIpc) is 2.89. The summed E-state index contributed by atoms with van der Waals surface area (Å²) in [4.78, 5) is 8.76. The highest BCUT2D eigenvalue weighted by Crippen LogP contribution is 2.31. The maximum absolute atomic E-state index is 5.60. The van der Waals surface area contributed by atoms with E-state index in [-0.39, 0.29) is 0 Å². The van der Waals surface area contributed by atoms with Gasteiger partial charge in [-0.25, -0.2) is 4.98 Å². The molecule has 0 unspecified atom stereocenters. The van der Waals surface area contributed by atoms with E-state index >= 15 is 0 Å². The molecule has 1 aliphatic heterocycles. The van der Waals surface area contributed by atoms with Crippen molar-refractivity contribution in [2.45, 2.75) is 26.3 Å². The fourth-order valence-corrected chi connectivity index (χ4v) is 3.73. The molecular formula is C16H21N3S. The number of fused-ring (bicyclic) bond motifs is 1. The molecule has 3 rings (SSSR count). The van der Waals surface area contributed by atoms with Crippen LogP contribution in [0, 0.1) is 6.92 Å². The molecule has 2 N–H and O–H groups in total. The second-order valence-electron chi connectivity index (χ2n) is 5.42. The van der Waals surface area contributed by atoms with Crippen molar-refractivity contribution >= 4 is 11.3 Å². The number of benzene rings is 1. The first-order valence-corrected chi connectivity index (χ1v) is 8.06. The molecule has 1 aliphatic rings. The Bertz CT molecular complexity index is 574. The van der Waals surface area contributed by atoms with Gasteiger partial charge in [0.2, 0.25) is 0 Å². The first-order chi connectivity index (χ1) is 9.76. The number of hydrogen-bond donors (Lipinski definition) is 1. The number of aryl methyl sites for hydroxylation is 1. The van der Waals surface area contributed by atoms with E-state index < -0.39 is 0 Å². The Morgan fingerprint density at radius 1 is 1.30 bits per heavy atom. The number of thiazole rings is 1. The molecule has 0 fully saturated rings. The number of hydrogen-bond acceptors (Lipinski definition) is 4. The van der Waals surface area contributed by atoms with Gasteiger partial charge in [0.05, 0.1) is 5.69 Å². The second kappa shape index (κ2) is 6.04. The van der Waals surface area contributed by atoms with Gasteiger partial charge in [0.1, 0.15) is 5.01 Å². The predicted molar refractivity (Wildman–Crippen MR) is 84.9 cm³/mol. The van der Waals surface area contributed by atoms with Gasteiger partial charge in [-0.15, -0.1) is 11.3 Å². The molecule has 0 spiro atoms. The van der Waals surface area contributed by atoms with E-state index in [0.717, 1.165) is 44.0 Å². The van der Waals surface area contributed by atoms with Crippen LogP contribution in [0.2, 0.25) is 0 Å². The Morgan fingerprint density at radius 2 is 2.10 bits per heavy atom. The van der Waals surface area contributed by atoms with Gasteiger partial charge in [-0.1, -0.05) is 29.8 Å². The maximum Gasteiger partial charge on any atom is 0.123 e. The average molecular weight is 287 g/mol. The van der Waals surface area contributed by atoms with E-state index in [2.05, 4.69) is 36.1 Å². The quantitative estimate of drug-likeness (QED) is 0.940. The van der Waals surface area contributed by atoms with Crippen molar-refractivity contribution in [1.82, 2.24) is 9.88 Å². The van der Waals surface area contributed by atoms with Crippen LogP contribution in [0.1, 0.15) is 22.6 Å². The van der Waals surface area contributed by atoms with E-state index in [9.17, 15) is 0 Å². The van der Waals surface area contributed by atoms with Gasteiger partial charge in [0, 0.05) is 30.0 Å². The molecule has 0 saturated heterocycles. The molecule has 2 aromatic rings. The number of aromatic nitrogens is 1. The Hall–Kier alpha value is -1.23. The molecule has 1 aromatic carbocycles. The van der Waals surface area contributed by atoms with Crippen molar-refractivity contribution in [2.24, 2.45) is 5.73 Å². The molecule has 0 amide bonds. The topological polar surface area (TPSA) is 42.2 Å². The third kappa shape index (κ3) is 2.92. The lowest BCUT2D eigenvalue weighted by atomic mass is 10.1. The standard InChI is InChI=1S/C16H21N3S/c1-12-3-5-13(6-4-12)16-18-14-7-10-19(9-2-8-17)11-15(14)20-16/h3-6H,2,7-11,17H2,1H3. The highest BCUT2D eigenvalue weighted by Gasteiger charge is 2.20.